The number of fused-ring (bicyclic) bond motifs is 2. The van der Waals surface area contributed by atoms with E-state index >= 15 is 0 Å². The second kappa shape index (κ2) is 5.81. The molecule has 0 radical (unpaired) electrons. The molecule has 1 amide bonds. The van der Waals surface area contributed by atoms with Crippen LogP contribution in [0.3, 0.4) is 0 Å². The summed E-state index contributed by atoms with van der Waals surface area (Å²) in [6, 6.07) is 9.70. The molecule has 1 unspecified atom stereocenters. The summed E-state index contributed by atoms with van der Waals surface area (Å²) in [6.45, 7) is 3.22. The highest BCUT2D eigenvalue weighted by atomic mass is 19.1. The first-order valence-electron chi connectivity index (χ1n) is 8.06. The van der Waals surface area contributed by atoms with Crippen LogP contribution in [0, 0.1) is 11.7 Å². The van der Waals surface area contributed by atoms with Crippen molar-refractivity contribution < 1.29 is 13.6 Å². The number of carbonyl (C=O) groups excluding carboxylic acids is 1. The molecule has 0 saturated carbocycles. The Balaban J connectivity index is 1.45. The van der Waals surface area contributed by atoms with Crippen molar-refractivity contribution in [2.24, 2.45) is 5.92 Å². The Morgan fingerprint density at radius 3 is 3.00 bits per heavy atom. The fourth-order valence-corrected chi connectivity index (χ4v) is 3.68. The van der Waals surface area contributed by atoms with Gasteiger partial charge in [-0.05, 0) is 49.6 Å². The van der Waals surface area contributed by atoms with E-state index in [0.717, 1.165) is 26.1 Å². The summed E-state index contributed by atoms with van der Waals surface area (Å²) < 4.78 is 18.9. The third-order valence-corrected chi connectivity index (χ3v) is 4.74. The lowest BCUT2D eigenvalue weighted by molar-refractivity contribution is 0.0882. The van der Waals surface area contributed by atoms with E-state index in [1.165, 1.54) is 18.6 Å². The van der Waals surface area contributed by atoms with Gasteiger partial charge in [-0.15, -0.1) is 0 Å². The average Bonchev–Trinajstić information content (AvgIpc) is 3.14. The van der Waals surface area contributed by atoms with Crippen molar-refractivity contribution in [3.8, 4) is 11.3 Å². The number of nitrogens with one attached hydrogen (secondary N) is 1. The van der Waals surface area contributed by atoms with Crippen molar-refractivity contribution in [2.45, 2.75) is 18.9 Å². The Kier molecular flexibility index (Phi) is 3.65. The van der Waals surface area contributed by atoms with Crippen molar-refractivity contribution in [1.82, 2.24) is 10.2 Å². The van der Waals surface area contributed by atoms with Crippen LogP contribution in [-0.4, -0.2) is 36.5 Å². The first kappa shape index (κ1) is 14.5. The summed E-state index contributed by atoms with van der Waals surface area (Å²) >= 11 is 0. The number of nitrogens with zero attached hydrogens (tertiary/aromatic N) is 1. The average molecular weight is 314 g/mol. The van der Waals surface area contributed by atoms with Gasteiger partial charge in [0, 0.05) is 24.7 Å². The van der Waals surface area contributed by atoms with Crippen LogP contribution in [0.25, 0.3) is 11.3 Å². The second-order valence-electron chi connectivity index (χ2n) is 6.49. The van der Waals surface area contributed by atoms with Gasteiger partial charge >= 0.3 is 0 Å². The maximum Gasteiger partial charge on any atom is 0.287 e. The molecule has 0 spiro atoms. The van der Waals surface area contributed by atoms with Gasteiger partial charge in [-0.1, -0.05) is 12.1 Å². The van der Waals surface area contributed by atoms with Gasteiger partial charge in [-0.25, -0.2) is 4.39 Å². The van der Waals surface area contributed by atoms with E-state index in [4.69, 9.17) is 4.42 Å². The second-order valence-corrected chi connectivity index (χ2v) is 6.49. The molecule has 3 atom stereocenters. The van der Waals surface area contributed by atoms with Crippen molar-refractivity contribution in [1.29, 1.82) is 0 Å². The lowest BCUT2D eigenvalue weighted by atomic mass is 9.97. The lowest BCUT2D eigenvalue weighted by Crippen LogP contribution is -2.46. The summed E-state index contributed by atoms with van der Waals surface area (Å²) in [4.78, 5) is 14.8. The number of piperidine rings is 1. The number of hydrogen-bond acceptors (Lipinski definition) is 3. The van der Waals surface area contributed by atoms with Crippen LogP contribution >= 0.6 is 0 Å². The van der Waals surface area contributed by atoms with Gasteiger partial charge < -0.3 is 14.6 Å². The Labute approximate surface area is 134 Å². The maximum absolute atomic E-state index is 13.3. The molecule has 4 nitrogen and oxygen atoms in total. The Morgan fingerprint density at radius 2 is 2.17 bits per heavy atom. The van der Waals surface area contributed by atoms with Crippen LogP contribution in [0.15, 0.2) is 40.8 Å². The molecule has 4 rings (SSSR count). The Morgan fingerprint density at radius 1 is 1.26 bits per heavy atom. The third-order valence-electron chi connectivity index (χ3n) is 4.74. The monoisotopic (exact) mass is 314 g/mol. The molecule has 2 aliphatic heterocycles. The van der Waals surface area contributed by atoms with E-state index in [9.17, 15) is 9.18 Å². The first-order chi connectivity index (χ1) is 11.2. The van der Waals surface area contributed by atoms with E-state index in [1.54, 1.807) is 24.3 Å². The zero-order valence-electron chi connectivity index (χ0n) is 12.8. The summed E-state index contributed by atoms with van der Waals surface area (Å²) in [5.41, 5.74) is 0.630. The molecule has 5 heteroatoms. The number of carbonyl (C=O) groups is 1. The van der Waals surface area contributed by atoms with Gasteiger partial charge in [0.15, 0.2) is 5.76 Å². The van der Waals surface area contributed by atoms with Crippen molar-refractivity contribution in [3.63, 3.8) is 0 Å². The van der Waals surface area contributed by atoms with E-state index < -0.39 is 0 Å². The number of furan rings is 1. The zero-order chi connectivity index (χ0) is 15.8. The van der Waals surface area contributed by atoms with Crippen LogP contribution in [0.4, 0.5) is 4.39 Å². The first-order valence-corrected chi connectivity index (χ1v) is 8.06. The van der Waals surface area contributed by atoms with Gasteiger partial charge in [0.25, 0.3) is 5.91 Å². The van der Waals surface area contributed by atoms with Crippen LogP contribution in [-0.2, 0) is 0 Å². The minimum atomic E-state index is -0.323. The molecular formula is C18H19FN2O2. The predicted octanol–water partition coefficient (Wildman–Crippen LogP) is 2.91. The van der Waals surface area contributed by atoms with Gasteiger partial charge in [0.05, 0.1) is 0 Å². The molecule has 1 N–H and O–H groups in total. The smallest absolute Gasteiger partial charge is 0.287 e. The number of rotatable bonds is 3. The highest BCUT2D eigenvalue weighted by Crippen LogP contribution is 2.27. The van der Waals surface area contributed by atoms with Crippen molar-refractivity contribution >= 4 is 5.91 Å². The number of halogens is 1. The summed E-state index contributed by atoms with van der Waals surface area (Å²) in [5, 5.41) is 3.06. The van der Waals surface area contributed by atoms with Crippen molar-refractivity contribution in [3.05, 3.63) is 48.0 Å². The molecule has 2 bridgehead atoms. The highest BCUT2D eigenvalue weighted by molar-refractivity contribution is 5.92. The van der Waals surface area contributed by atoms with Gasteiger partial charge in [-0.3, -0.25) is 4.79 Å². The quantitative estimate of drug-likeness (QED) is 0.947. The number of hydrogen-bond donors (Lipinski definition) is 1. The molecule has 1 aromatic heterocycles. The molecular weight excluding hydrogens is 295 g/mol. The minimum Gasteiger partial charge on any atom is -0.451 e. The van der Waals surface area contributed by atoms with E-state index in [1.807, 2.05) is 0 Å². The highest BCUT2D eigenvalue weighted by Gasteiger charge is 2.33. The molecule has 120 valence electrons. The molecule has 1 aromatic carbocycles. The third kappa shape index (κ3) is 3.01. The van der Waals surface area contributed by atoms with Crippen LogP contribution in [0.2, 0.25) is 0 Å². The molecule has 3 heterocycles. The van der Waals surface area contributed by atoms with Crippen LogP contribution in [0.1, 0.15) is 23.4 Å². The predicted molar refractivity (Wildman–Crippen MR) is 84.5 cm³/mol. The topological polar surface area (TPSA) is 45.5 Å². The summed E-state index contributed by atoms with van der Waals surface area (Å²) in [6.07, 6.45) is 2.27. The van der Waals surface area contributed by atoms with Gasteiger partial charge in [0.2, 0.25) is 0 Å². The van der Waals surface area contributed by atoms with Crippen molar-refractivity contribution in [2.75, 3.05) is 19.6 Å². The van der Waals surface area contributed by atoms with Crippen LogP contribution in [0.5, 0.6) is 0 Å². The molecule has 2 aliphatic rings. The molecule has 2 saturated heterocycles. The van der Waals surface area contributed by atoms with Crippen LogP contribution < -0.4 is 5.32 Å². The Bertz CT molecular complexity index is 715. The molecule has 0 aliphatic carbocycles. The summed E-state index contributed by atoms with van der Waals surface area (Å²) in [5.74, 6) is 0.963. The fraction of sp³-hybridized carbons (Fsp3) is 0.389. The van der Waals surface area contributed by atoms with E-state index in [0.29, 0.717) is 17.2 Å². The van der Waals surface area contributed by atoms with E-state index in [2.05, 4.69) is 10.2 Å². The molecule has 2 aromatic rings. The summed E-state index contributed by atoms with van der Waals surface area (Å²) in [7, 11) is 0. The zero-order valence-corrected chi connectivity index (χ0v) is 12.8. The van der Waals surface area contributed by atoms with Gasteiger partial charge in [-0.2, -0.15) is 0 Å². The number of amides is 1. The molecule has 2 fully saturated rings. The largest absolute Gasteiger partial charge is 0.451 e. The number of benzene rings is 1. The normalized spacial score (nSPS) is 26.2. The van der Waals surface area contributed by atoms with Gasteiger partial charge in [0.1, 0.15) is 11.6 Å². The fourth-order valence-electron chi connectivity index (χ4n) is 3.68. The Hall–Kier alpha value is -2.14. The standard InChI is InChI=1S/C18H19FN2O2/c19-14-3-1-2-13(9-14)16-4-5-17(23-16)18(22)20-15-8-12-6-7-21(10-12)11-15/h1-5,9,12,15H,6-8,10-11H2,(H,20,22)/t12-,15+/m0/s1. The minimum absolute atomic E-state index is 0.187. The molecule has 23 heavy (non-hydrogen) atoms. The maximum atomic E-state index is 13.3. The van der Waals surface area contributed by atoms with E-state index in [-0.39, 0.29) is 23.5 Å². The SMILES string of the molecule is O=C(N[C@@H]1C[C@@H]2CCN(C2)C1)c1ccc(-c2cccc(F)c2)o1. The lowest BCUT2D eigenvalue weighted by Gasteiger charge is -2.30.